The summed E-state index contributed by atoms with van der Waals surface area (Å²) in [6.45, 7) is 5.76. The summed E-state index contributed by atoms with van der Waals surface area (Å²) in [6, 6.07) is 0. The van der Waals surface area contributed by atoms with E-state index in [1.54, 1.807) is 0 Å². The van der Waals surface area contributed by atoms with Crippen LogP contribution in [0.25, 0.3) is 0 Å². The highest BCUT2D eigenvalue weighted by atomic mass is 16.4. The number of carbonyl (C=O) groups is 1. The van der Waals surface area contributed by atoms with Crippen LogP contribution in [0.3, 0.4) is 0 Å². The first-order valence-electron chi connectivity index (χ1n) is 5.89. The average Bonchev–Trinajstić information content (AvgIpc) is 2.46. The summed E-state index contributed by atoms with van der Waals surface area (Å²) in [4.78, 5) is 10.4. The SMILES string of the molecule is CC1(CCCC(=O)O)C=C(C(C)(C)O)CC1. The molecule has 1 rings (SSSR count). The van der Waals surface area contributed by atoms with Crippen LogP contribution in [0.15, 0.2) is 11.6 Å². The Bertz CT molecular complexity index is 299. The largest absolute Gasteiger partial charge is 0.481 e. The molecule has 0 bridgehead atoms. The molecule has 0 aromatic heterocycles. The van der Waals surface area contributed by atoms with Crippen LogP contribution in [0.4, 0.5) is 0 Å². The molecule has 0 spiro atoms. The van der Waals surface area contributed by atoms with Gasteiger partial charge in [0.1, 0.15) is 0 Å². The minimum absolute atomic E-state index is 0.0742. The van der Waals surface area contributed by atoms with Crippen LogP contribution in [0.1, 0.15) is 52.9 Å². The lowest BCUT2D eigenvalue weighted by Gasteiger charge is -2.21. The van der Waals surface area contributed by atoms with Gasteiger partial charge in [-0.1, -0.05) is 13.0 Å². The molecule has 0 aromatic carbocycles. The Morgan fingerprint density at radius 1 is 1.56 bits per heavy atom. The van der Waals surface area contributed by atoms with E-state index < -0.39 is 11.6 Å². The minimum Gasteiger partial charge on any atom is -0.481 e. The molecule has 1 atom stereocenters. The van der Waals surface area contributed by atoms with Crippen molar-refractivity contribution < 1.29 is 15.0 Å². The highest BCUT2D eigenvalue weighted by Crippen LogP contribution is 2.42. The molecule has 1 aliphatic rings. The van der Waals surface area contributed by atoms with E-state index in [4.69, 9.17) is 5.11 Å². The second-order valence-corrected chi connectivity index (χ2v) is 5.63. The summed E-state index contributed by atoms with van der Waals surface area (Å²) in [5.41, 5.74) is 0.431. The molecule has 0 radical (unpaired) electrons. The third-order valence-corrected chi connectivity index (χ3v) is 3.41. The van der Waals surface area contributed by atoms with E-state index in [9.17, 15) is 9.90 Å². The van der Waals surface area contributed by atoms with E-state index in [0.29, 0.717) is 6.42 Å². The molecule has 3 nitrogen and oxygen atoms in total. The van der Waals surface area contributed by atoms with Gasteiger partial charge in [0.2, 0.25) is 0 Å². The van der Waals surface area contributed by atoms with Crippen LogP contribution < -0.4 is 0 Å². The fraction of sp³-hybridized carbons (Fsp3) is 0.769. The van der Waals surface area contributed by atoms with Gasteiger partial charge < -0.3 is 10.2 Å². The molecule has 92 valence electrons. The molecule has 0 aliphatic heterocycles. The number of allylic oxidation sites excluding steroid dienone is 1. The number of carboxylic acids is 1. The first-order valence-corrected chi connectivity index (χ1v) is 5.89. The maximum Gasteiger partial charge on any atom is 0.303 e. The molecular formula is C13H22O3. The topological polar surface area (TPSA) is 57.5 Å². The van der Waals surface area contributed by atoms with Crippen LogP contribution >= 0.6 is 0 Å². The van der Waals surface area contributed by atoms with E-state index in [0.717, 1.165) is 24.8 Å². The Morgan fingerprint density at radius 3 is 2.62 bits per heavy atom. The zero-order valence-corrected chi connectivity index (χ0v) is 10.4. The standard InChI is InChI=1S/C13H22O3/c1-12(2,16)10-6-8-13(3,9-10)7-4-5-11(14)15/h9,16H,4-8H2,1-3H3,(H,14,15). The number of aliphatic carboxylic acids is 1. The van der Waals surface area contributed by atoms with Crippen molar-refractivity contribution in [3.8, 4) is 0 Å². The van der Waals surface area contributed by atoms with Crippen LogP contribution in [0.5, 0.6) is 0 Å². The van der Waals surface area contributed by atoms with Crippen LogP contribution in [0.2, 0.25) is 0 Å². The zero-order chi connectivity index (χ0) is 12.4. The molecule has 1 aliphatic carbocycles. The predicted molar refractivity (Wildman–Crippen MR) is 63.2 cm³/mol. The summed E-state index contributed by atoms with van der Waals surface area (Å²) < 4.78 is 0. The zero-order valence-electron chi connectivity index (χ0n) is 10.4. The Kier molecular flexibility index (Phi) is 3.79. The van der Waals surface area contributed by atoms with Crippen molar-refractivity contribution in [2.45, 2.75) is 58.5 Å². The predicted octanol–water partition coefficient (Wildman–Crippen LogP) is 2.74. The Labute approximate surface area is 97.2 Å². The van der Waals surface area contributed by atoms with Crippen molar-refractivity contribution >= 4 is 5.97 Å². The van der Waals surface area contributed by atoms with E-state index >= 15 is 0 Å². The lowest BCUT2D eigenvalue weighted by molar-refractivity contribution is -0.137. The summed E-state index contributed by atoms with van der Waals surface area (Å²) in [7, 11) is 0. The Hall–Kier alpha value is -0.830. The summed E-state index contributed by atoms with van der Waals surface area (Å²) in [5, 5.41) is 18.5. The minimum atomic E-state index is -0.732. The Morgan fingerprint density at radius 2 is 2.19 bits per heavy atom. The van der Waals surface area contributed by atoms with Gasteiger partial charge in [0, 0.05) is 6.42 Å². The lowest BCUT2D eigenvalue weighted by Crippen LogP contribution is -2.20. The molecular weight excluding hydrogens is 204 g/mol. The van der Waals surface area contributed by atoms with Gasteiger partial charge in [-0.2, -0.15) is 0 Å². The van der Waals surface area contributed by atoms with Crippen molar-refractivity contribution in [1.29, 1.82) is 0 Å². The summed E-state index contributed by atoms with van der Waals surface area (Å²) >= 11 is 0. The maximum absolute atomic E-state index is 10.4. The van der Waals surface area contributed by atoms with Gasteiger partial charge in [0.25, 0.3) is 0 Å². The van der Waals surface area contributed by atoms with E-state index in [1.807, 2.05) is 13.8 Å². The highest BCUT2D eigenvalue weighted by molar-refractivity contribution is 5.66. The molecule has 2 N–H and O–H groups in total. The van der Waals surface area contributed by atoms with Gasteiger partial charge in [0.15, 0.2) is 0 Å². The molecule has 3 heteroatoms. The van der Waals surface area contributed by atoms with Gasteiger partial charge >= 0.3 is 5.97 Å². The molecule has 0 saturated heterocycles. The van der Waals surface area contributed by atoms with Crippen molar-refractivity contribution in [2.75, 3.05) is 0 Å². The van der Waals surface area contributed by atoms with Crippen LogP contribution in [-0.4, -0.2) is 21.8 Å². The van der Waals surface area contributed by atoms with Gasteiger partial charge in [-0.3, -0.25) is 4.79 Å². The second kappa shape index (κ2) is 4.58. The average molecular weight is 226 g/mol. The molecule has 1 unspecified atom stereocenters. The van der Waals surface area contributed by atoms with E-state index in [-0.39, 0.29) is 11.8 Å². The normalized spacial score (nSPS) is 25.6. The molecule has 16 heavy (non-hydrogen) atoms. The summed E-state index contributed by atoms with van der Waals surface area (Å²) in [6.07, 6.45) is 5.93. The van der Waals surface area contributed by atoms with Gasteiger partial charge in [-0.15, -0.1) is 0 Å². The molecule has 0 amide bonds. The molecule has 0 fully saturated rings. The number of aliphatic hydroxyl groups is 1. The maximum atomic E-state index is 10.4. The molecule has 0 heterocycles. The molecule has 0 saturated carbocycles. The van der Waals surface area contributed by atoms with Gasteiger partial charge in [-0.05, 0) is 50.5 Å². The smallest absolute Gasteiger partial charge is 0.303 e. The van der Waals surface area contributed by atoms with E-state index in [2.05, 4.69) is 13.0 Å². The highest BCUT2D eigenvalue weighted by Gasteiger charge is 2.33. The monoisotopic (exact) mass is 226 g/mol. The van der Waals surface area contributed by atoms with Crippen LogP contribution in [-0.2, 0) is 4.79 Å². The van der Waals surface area contributed by atoms with Crippen molar-refractivity contribution in [3.63, 3.8) is 0 Å². The van der Waals surface area contributed by atoms with Gasteiger partial charge in [0.05, 0.1) is 5.60 Å². The Balaban J connectivity index is 2.54. The van der Waals surface area contributed by atoms with Crippen LogP contribution in [0, 0.1) is 5.41 Å². The fourth-order valence-electron chi connectivity index (χ4n) is 2.31. The second-order valence-electron chi connectivity index (χ2n) is 5.63. The van der Waals surface area contributed by atoms with Gasteiger partial charge in [-0.25, -0.2) is 0 Å². The summed E-state index contributed by atoms with van der Waals surface area (Å²) in [5.74, 6) is -0.728. The fourth-order valence-corrected chi connectivity index (χ4v) is 2.31. The quantitative estimate of drug-likeness (QED) is 0.709. The van der Waals surface area contributed by atoms with E-state index in [1.165, 1.54) is 0 Å². The van der Waals surface area contributed by atoms with Crippen molar-refractivity contribution in [1.82, 2.24) is 0 Å². The lowest BCUT2D eigenvalue weighted by atomic mass is 9.84. The number of carboxylic acid groups (broad SMARTS) is 1. The molecule has 0 aromatic rings. The van der Waals surface area contributed by atoms with Crippen molar-refractivity contribution in [3.05, 3.63) is 11.6 Å². The number of hydrogen-bond acceptors (Lipinski definition) is 2. The first-order chi connectivity index (χ1) is 7.23. The van der Waals surface area contributed by atoms with Crippen molar-refractivity contribution in [2.24, 2.45) is 5.41 Å². The third-order valence-electron chi connectivity index (χ3n) is 3.41. The third kappa shape index (κ3) is 3.63. The first kappa shape index (κ1) is 13.2. The number of hydrogen-bond donors (Lipinski definition) is 2. The number of rotatable bonds is 5.